The molecule has 13 heteroatoms. The van der Waals surface area contributed by atoms with E-state index in [1.807, 2.05) is 30.3 Å². The van der Waals surface area contributed by atoms with Gasteiger partial charge in [-0.25, -0.2) is 9.18 Å². The van der Waals surface area contributed by atoms with Gasteiger partial charge < -0.3 is 29.4 Å². The first-order valence-electron chi connectivity index (χ1n) is 14.8. The van der Waals surface area contributed by atoms with Crippen molar-refractivity contribution in [3.05, 3.63) is 105 Å². The Bertz CT molecular complexity index is 1700. The molecule has 3 heterocycles. The predicted molar refractivity (Wildman–Crippen MR) is 173 cm³/mol. The van der Waals surface area contributed by atoms with E-state index in [1.165, 1.54) is 21.6 Å². The van der Waals surface area contributed by atoms with Gasteiger partial charge >= 0.3 is 6.09 Å². The number of hydrogen-bond donors (Lipinski definition) is 2. The molecule has 0 aliphatic carbocycles. The van der Waals surface area contributed by atoms with Crippen molar-refractivity contribution in [1.29, 1.82) is 0 Å². The number of fused-ring (bicyclic) bond motifs is 1. The van der Waals surface area contributed by atoms with Gasteiger partial charge in [-0.1, -0.05) is 42.5 Å². The number of benzene rings is 2. The Hall–Kier alpha value is -4.52. The molecule has 2 aromatic carbocycles. The molecule has 0 saturated carbocycles. The number of aromatic nitrogens is 2. The number of morpholine rings is 1. The maximum absolute atomic E-state index is 13.8. The van der Waals surface area contributed by atoms with E-state index in [0.29, 0.717) is 37.3 Å². The SMILES string of the molecule is CN(CCn1c(=O)c(C(=O)NCCN2CCOCC2)c(O)c2ncc(Cc3ccc(F)cc3)cc21)C(=O)OCc1ccccc1.Cl. The highest BCUT2D eigenvalue weighted by Crippen LogP contribution is 2.26. The summed E-state index contributed by atoms with van der Waals surface area (Å²) in [5, 5.41) is 13.9. The summed E-state index contributed by atoms with van der Waals surface area (Å²) in [6.45, 7) is 3.74. The highest BCUT2D eigenvalue weighted by atomic mass is 35.5. The Morgan fingerprint density at radius 1 is 1.04 bits per heavy atom. The smallest absolute Gasteiger partial charge is 0.409 e. The lowest BCUT2D eigenvalue weighted by molar-refractivity contribution is 0.0383. The van der Waals surface area contributed by atoms with Gasteiger partial charge in [0.05, 0.1) is 18.7 Å². The largest absolute Gasteiger partial charge is 0.505 e. The van der Waals surface area contributed by atoms with Crippen LogP contribution in [0.25, 0.3) is 11.0 Å². The lowest BCUT2D eigenvalue weighted by Gasteiger charge is -2.26. The Morgan fingerprint density at radius 2 is 1.76 bits per heavy atom. The molecule has 244 valence electrons. The molecule has 1 fully saturated rings. The van der Waals surface area contributed by atoms with Gasteiger partial charge in [-0.3, -0.25) is 19.5 Å². The lowest BCUT2D eigenvalue weighted by Crippen LogP contribution is -2.42. The third-order valence-corrected chi connectivity index (χ3v) is 7.68. The molecule has 11 nitrogen and oxygen atoms in total. The molecule has 0 atom stereocenters. The molecule has 0 radical (unpaired) electrons. The minimum absolute atomic E-state index is 0. The van der Waals surface area contributed by atoms with Crippen molar-refractivity contribution in [3.63, 3.8) is 0 Å². The fraction of sp³-hybridized carbons (Fsp3) is 0.333. The maximum atomic E-state index is 13.8. The van der Waals surface area contributed by atoms with Gasteiger partial charge in [-0.15, -0.1) is 12.4 Å². The third-order valence-electron chi connectivity index (χ3n) is 7.68. The summed E-state index contributed by atoms with van der Waals surface area (Å²) >= 11 is 0. The molecule has 5 rings (SSSR count). The summed E-state index contributed by atoms with van der Waals surface area (Å²) in [5.41, 5.74) is 1.61. The molecule has 2 N–H and O–H groups in total. The number of amides is 2. The second kappa shape index (κ2) is 16.2. The topological polar surface area (TPSA) is 126 Å². The van der Waals surface area contributed by atoms with E-state index in [0.717, 1.165) is 24.2 Å². The summed E-state index contributed by atoms with van der Waals surface area (Å²) < 4.78 is 25.5. The summed E-state index contributed by atoms with van der Waals surface area (Å²) in [6.07, 6.45) is 1.37. The number of hydrogen-bond acceptors (Lipinski definition) is 8. The van der Waals surface area contributed by atoms with E-state index in [1.54, 1.807) is 31.4 Å². The Labute approximate surface area is 272 Å². The van der Waals surface area contributed by atoms with E-state index >= 15 is 0 Å². The number of rotatable bonds is 11. The first-order valence-corrected chi connectivity index (χ1v) is 14.8. The molecule has 2 aromatic heterocycles. The summed E-state index contributed by atoms with van der Waals surface area (Å²) in [7, 11) is 1.55. The average molecular weight is 654 g/mol. The zero-order valence-corrected chi connectivity index (χ0v) is 26.3. The molecule has 2 amide bonds. The number of nitrogens with one attached hydrogen (secondary N) is 1. The van der Waals surface area contributed by atoms with Crippen LogP contribution in [0.15, 0.2) is 71.7 Å². The monoisotopic (exact) mass is 653 g/mol. The van der Waals surface area contributed by atoms with Gasteiger partial charge in [0.15, 0.2) is 5.75 Å². The fourth-order valence-corrected chi connectivity index (χ4v) is 5.12. The van der Waals surface area contributed by atoms with Crippen LogP contribution in [0.1, 0.15) is 27.0 Å². The first-order chi connectivity index (χ1) is 21.8. The van der Waals surface area contributed by atoms with Gasteiger partial charge in [-0.05, 0) is 41.3 Å². The maximum Gasteiger partial charge on any atom is 0.409 e. The molecular formula is C33H37ClFN5O6. The molecule has 1 aliphatic rings. The number of pyridine rings is 2. The third kappa shape index (κ3) is 8.59. The first kappa shape index (κ1) is 34.4. The highest BCUT2D eigenvalue weighted by Gasteiger charge is 2.24. The van der Waals surface area contributed by atoms with Gasteiger partial charge in [-0.2, -0.15) is 0 Å². The summed E-state index contributed by atoms with van der Waals surface area (Å²) in [6, 6.07) is 17.0. The van der Waals surface area contributed by atoms with Gasteiger partial charge in [0, 0.05) is 52.5 Å². The standard InChI is InChI=1S/C33H36FN5O6.ClH/c1-37(33(43)45-22-24-5-3-2-4-6-24)13-14-39-27-20-25(19-23-7-9-26(34)10-8-23)21-36-29(27)30(40)28(32(39)42)31(41)35-11-12-38-15-17-44-18-16-38;/h2-10,20-21,40H,11-19,22H2,1H3,(H,35,41);1H. The van der Waals surface area contributed by atoms with E-state index in [9.17, 15) is 23.9 Å². The Kier molecular flexibility index (Phi) is 12.1. The van der Waals surface area contributed by atoms with Crippen LogP contribution >= 0.6 is 12.4 Å². The number of carbonyl (C=O) groups is 2. The van der Waals surface area contributed by atoms with Crippen molar-refractivity contribution in [2.24, 2.45) is 0 Å². The minimum atomic E-state index is -0.714. The quantitative estimate of drug-likeness (QED) is 0.252. The molecular weight excluding hydrogens is 617 g/mol. The molecule has 1 saturated heterocycles. The van der Waals surface area contributed by atoms with Gasteiger partial charge in [0.2, 0.25) is 0 Å². The number of likely N-dealkylation sites (N-methyl/N-ethyl adjacent to an activating group) is 1. The van der Waals surface area contributed by atoms with Crippen LogP contribution in [0.2, 0.25) is 0 Å². The van der Waals surface area contributed by atoms with E-state index in [4.69, 9.17) is 9.47 Å². The number of aromatic hydroxyl groups is 1. The fourth-order valence-electron chi connectivity index (χ4n) is 5.12. The van der Waals surface area contributed by atoms with Crippen molar-refractivity contribution in [1.82, 2.24) is 24.7 Å². The van der Waals surface area contributed by atoms with Crippen molar-refractivity contribution in [2.75, 3.05) is 53.0 Å². The van der Waals surface area contributed by atoms with Crippen molar-refractivity contribution in [2.45, 2.75) is 19.6 Å². The summed E-state index contributed by atoms with van der Waals surface area (Å²) in [5.74, 6) is -1.58. The van der Waals surface area contributed by atoms with Crippen LogP contribution in [0, 0.1) is 5.82 Å². The second-order valence-corrected chi connectivity index (χ2v) is 10.9. The Morgan fingerprint density at radius 3 is 2.48 bits per heavy atom. The number of nitrogens with zero attached hydrogens (tertiary/aromatic N) is 4. The number of ether oxygens (including phenoxy) is 2. The van der Waals surface area contributed by atoms with Crippen LogP contribution in [0.4, 0.5) is 9.18 Å². The minimum Gasteiger partial charge on any atom is -0.505 e. The van der Waals surface area contributed by atoms with Crippen LogP contribution in [-0.2, 0) is 29.0 Å². The molecule has 46 heavy (non-hydrogen) atoms. The zero-order valence-electron chi connectivity index (χ0n) is 25.5. The lowest BCUT2D eigenvalue weighted by atomic mass is 10.1. The van der Waals surface area contributed by atoms with Gasteiger partial charge in [0.1, 0.15) is 23.5 Å². The van der Waals surface area contributed by atoms with Crippen molar-refractivity contribution in [3.8, 4) is 5.75 Å². The highest BCUT2D eigenvalue weighted by molar-refractivity contribution is 6.01. The number of halogens is 2. The van der Waals surface area contributed by atoms with Crippen molar-refractivity contribution >= 4 is 35.4 Å². The van der Waals surface area contributed by atoms with Crippen molar-refractivity contribution < 1.29 is 28.6 Å². The summed E-state index contributed by atoms with van der Waals surface area (Å²) in [4.78, 5) is 47.7. The molecule has 4 aromatic rings. The zero-order chi connectivity index (χ0) is 31.8. The molecule has 0 bridgehead atoms. The van der Waals surface area contributed by atoms with Crippen LogP contribution in [0.3, 0.4) is 0 Å². The van der Waals surface area contributed by atoms with Crippen LogP contribution in [-0.4, -0.2) is 89.4 Å². The van der Waals surface area contributed by atoms with E-state index in [-0.39, 0.29) is 50.0 Å². The Balaban J connectivity index is 0.00000480. The van der Waals surface area contributed by atoms with E-state index in [2.05, 4.69) is 15.2 Å². The molecule has 1 aliphatic heterocycles. The predicted octanol–water partition coefficient (Wildman–Crippen LogP) is 3.58. The second-order valence-electron chi connectivity index (χ2n) is 10.9. The normalized spacial score (nSPS) is 13.2. The van der Waals surface area contributed by atoms with Crippen LogP contribution < -0.4 is 10.9 Å². The molecule has 0 spiro atoms. The van der Waals surface area contributed by atoms with Crippen LogP contribution in [0.5, 0.6) is 5.75 Å². The molecule has 0 unspecified atom stereocenters. The number of carbonyl (C=O) groups excluding carboxylic acids is 2. The average Bonchev–Trinajstić information content (AvgIpc) is 3.05. The van der Waals surface area contributed by atoms with E-state index < -0.39 is 28.9 Å². The van der Waals surface area contributed by atoms with Gasteiger partial charge in [0.25, 0.3) is 11.5 Å².